The Morgan fingerprint density at radius 1 is 1.38 bits per heavy atom. The number of oxime groups is 1. The van der Waals surface area contributed by atoms with E-state index in [9.17, 15) is 4.79 Å². The molecule has 0 bridgehead atoms. The molecule has 2 aliphatic rings. The first-order chi connectivity index (χ1) is 10.2. The monoisotopic (exact) mass is 290 g/mol. The predicted molar refractivity (Wildman–Crippen MR) is 76.5 cm³/mol. The highest BCUT2D eigenvalue weighted by Gasteiger charge is 2.26. The van der Waals surface area contributed by atoms with E-state index in [0.29, 0.717) is 19.4 Å². The van der Waals surface area contributed by atoms with E-state index in [1.54, 1.807) is 11.9 Å². The van der Waals surface area contributed by atoms with Crippen molar-refractivity contribution in [2.24, 2.45) is 5.16 Å². The lowest BCUT2D eigenvalue weighted by atomic mass is 10.0. The smallest absolute Gasteiger partial charge is 0.231 e. The number of likely N-dealkylation sites (N-methyl/N-ethyl adjacent to an activating group) is 1. The summed E-state index contributed by atoms with van der Waals surface area (Å²) >= 11 is 0. The van der Waals surface area contributed by atoms with Gasteiger partial charge in [0.1, 0.15) is 0 Å². The molecule has 0 spiro atoms. The van der Waals surface area contributed by atoms with Gasteiger partial charge < -0.3 is 19.2 Å². The van der Waals surface area contributed by atoms with Crippen molar-refractivity contribution in [3.05, 3.63) is 23.8 Å². The molecule has 112 valence electrons. The third-order valence-corrected chi connectivity index (χ3v) is 3.64. The van der Waals surface area contributed by atoms with E-state index in [-0.39, 0.29) is 18.8 Å². The number of rotatable bonds is 4. The van der Waals surface area contributed by atoms with Gasteiger partial charge in [0.25, 0.3) is 0 Å². The SMILES string of the molecule is CCC(=O)N(C)C[C@H]1CC(c2ccc3c(c2)OCO3)=NO1. The van der Waals surface area contributed by atoms with Crippen LogP contribution in [-0.2, 0) is 9.63 Å². The number of nitrogens with zero attached hydrogens (tertiary/aromatic N) is 2. The molecule has 0 aliphatic carbocycles. The van der Waals surface area contributed by atoms with Crippen LogP contribution in [0.4, 0.5) is 0 Å². The van der Waals surface area contributed by atoms with Crippen LogP contribution in [0.25, 0.3) is 0 Å². The Hall–Kier alpha value is -2.24. The van der Waals surface area contributed by atoms with Crippen LogP contribution in [0.3, 0.4) is 0 Å². The molecule has 3 rings (SSSR count). The number of hydrogen-bond acceptors (Lipinski definition) is 5. The van der Waals surface area contributed by atoms with Gasteiger partial charge in [0, 0.05) is 25.5 Å². The maximum atomic E-state index is 11.6. The number of benzene rings is 1. The van der Waals surface area contributed by atoms with Gasteiger partial charge in [-0.1, -0.05) is 12.1 Å². The molecule has 0 unspecified atom stereocenters. The highest BCUT2D eigenvalue weighted by atomic mass is 16.7. The van der Waals surface area contributed by atoms with E-state index < -0.39 is 0 Å². The van der Waals surface area contributed by atoms with Gasteiger partial charge in [-0.25, -0.2) is 0 Å². The van der Waals surface area contributed by atoms with Crippen molar-refractivity contribution in [3.8, 4) is 11.5 Å². The lowest BCUT2D eigenvalue weighted by molar-refractivity contribution is -0.131. The van der Waals surface area contributed by atoms with E-state index in [1.165, 1.54) is 0 Å². The average molecular weight is 290 g/mol. The predicted octanol–water partition coefficient (Wildman–Crippen LogP) is 1.78. The van der Waals surface area contributed by atoms with Gasteiger partial charge in [-0.3, -0.25) is 4.79 Å². The molecular formula is C15H18N2O4. The van der Waals surface area contributed by atoms with Gasteiger partial charge in [0.15, 0.2) is 17.6 Å². The summed E-state index contributed by atoms with van der Waals surface area (Å²) in [6.07, 6.45) is 1.09. The van der Waals surface area contributed by atoms with Crippen molar-refractivity contribution < 1.29 is 19.1 Å². The molecular weight excluding hydrogens is 272 g/mol. The van der Waals surface area contributed by atoms with Gasteiger partial charge in [0.2, 0.25) is 12.7 Å². The Balaban J connectivity index is 1.63. The van der Waals surface area contributed by atoms with Crippen LogP contribution in [0.1, 0.15) is 25.3 Å². The van der Waals surface area contributed by atoms with Crippen LogP contribution < -0.4 is 9.47 Å². The zero-order valence-electron chi connectivity index (χ0n) is 12.2. The van der Waals surface area contributed by atoms with Gasteiger partial charge in [-0.05, 0) is 18.2 Å². The fraction of sp³-hybridized carbons (Fsp3) is 0.467. The second kappa shape index (κ2) is 5.63. The molecule has 0 fully saturated rings. The third kappa shape index (κ3) is 2.79. The second-order valence-corrected chi connectivity index (χ2v) is 5.17. The van der Waals surface area contributed by atoms with E-state index in [1.807, 2.05) is 25.1 Å². The molecule has 1 aromatic rings. The Labute approximate surface area is 123 Å². The quantitative estimate of drug-likeness (QED) is 0.848. The van der Waals surface area contributed by atoms with E-state index in [4.69, 9.17) is 14.3 Å². The minimum absolute atomic E-state index is 0.0917. The Morgan fingerprint density at radius 2 is 2.19 bits per heavy atom. The Kier molecular flexibility index (Phi) is 3.68. The number of hydrogen-bond donors (Lipinski definition) is 0. The van der Waals surface area contributed by atoms with Crippen molar-refractivity contribution >= 4 is 11.6 Å². The number of carbonyl (C=O) groups excluding carboxylic acids is 1. The third-order valence-electron chi connectivity index (χ3n) is 3.64. The van der Waals surface area contributed by atoms with Crippen molar-refractivity contribution in [2.75, 3.05) is 20.4 Å². The summed E-state index contributed by atoms with van der Waals surface area (Å²) < 4.78 is 10.7. The molecule has 0 N–H and O–H groups in total. The Bertz CT molecular complexity index is 585. The zero-order valence-corrected chi connectivity index (χ0v) is 12.2. The largest absolute Gasteiger partial charge is 0.454 e. The fourth-order valence-electron chi connectivity index (χ4n) is 2.45. The van der Waals surface area contributed by atoms with E-state index in [2.05, 4.69) is 5.16 Å². The fourth-order valence-corrected chi connectivity index (χ4v) is 2.45. The molecule has 6 heteroatoms. The molecule has 0 radical (unpaired) electrons. The van der Waals surface area contributed by atoms with Crippen LogP contribution in [0.5, 0.6) is 11.5 Å². The molecule has 0 saturated heterocycles. The lowest BCUT2D eigenvalue weighted by Gasteiger charge is -2.19. The van der Waals surface area contributed by atoms with Crippen LogP contribution in [0.15, 0.2) is 23.4 Å². The van der Waals surface area contributed by atoms with Crippen LogP contribution in [-0.4, -0.2) is 43.0 Å². The first kappa shape index (κ1) is 13.7. The number of carbonyl (C=O) groups is 1. The zero-order chi connectivity index (χ0) is 14.8. The first-order valence-corrected chi connectivity index (χ1v) is 7.04. The van der Waals surface area contributed by atoms with Gasteiger partial charge in [0.05, 0.1) is 12.3 Å². The highest BCUT2D eigenvalue weighted by molar-refractivity contribution is 6.01. The second-order valence-electron chi connectivity index (χ2n) is 5.17. The van der Waals surface area contributed by atoms with E-state index in [0.717, 1.165) is 22.8 Å². The van der Waals surface area contributed by atoms with Crippen molar-refractivity contribution in [3.63, 3.8) is 0 Å². The summed E-state index contributed by atoms with van der Waals surface area (Å²) in [5.41, 5.74) is 1.84. The molecule has 2 aliphatic heterocycles. The van der Waals surface area contributed by atoms with Gasteiger partial charge >= 0.3 is 0 Å². The molecule has 6 nitrogen and oxygen atoms in total. The molecule has 21 heavy (non-hydrogen) atoms. The average Bonchev–Trinajstić information content (AvgIpc) is 3.14. The van der Waals surface area contributed by atoms with E-state index >= 15 is 0 Å². The standard InChI is InChI=1S/C15H18N2O4/c1-3-15(18)17(2)8-11-7-12(16-21-11)10-4-5-13-14(6-10)20-9-19-13/h4-6,11H,3,7-9H2,1-2H3/t11-/m1/s1. The summed E-state index contributed by atoms with van der Waals surface area (Å²) in [6, 6.07) is 5.73. The molecule has 0 saturated carbocycles. The normalized spacial score (nSPS) is 19.1. The van der Waals surface area contributed by atoms with Gasteiger partial charge in [-0.2, -0.15) is 0 Å². The van der Waals surface area contributed by atoms with Crippen molar-refractivity contribution in [1.29, 1.82) is 0 Å². The molecule has 0 aromatic heterocycles. The topological polar surface area (TPSA) is 60.4 Å². The maximum Gasteiger partial charge on any atom is 0.231 e. The molecule has 1 atom stereocenters. The summed E-state index contributed by atoms with van der Waals surface area (Å²) in [4.78, 5) is 18.7. The number of amides is 1. The number of ether oxygens (including phenoxy) is 2. The lowest BCUT2D eigenvalue weighted by Crippen LogP contribution is -2.34. The number of fused-ring (bicyclic) bond motifs is 1. The molecule has 1 aromatic carbocycles. The maximum absolute atomic E-state index is 11.6. The van der Waals surface area contributed by atoms with Crippen molar-refractivity contribution in [2.45, 2.75) is 25.9 Å². The summed E-state index contributed by atoms with van der Waals surface area (Å²) in [5.74, 6) is 1.59. The van der Waals surface area contributed by atoms with Crippen molar-refractivity contribution in [1.82, 2.24) is 4.90 Å². The summed E-state index contributed by atoms with van der Waals surface area (Å²) in [7, 11) is 1.79. The Morgan fingerprint density at radius 3 is 3.00 bits per heavy atom. The minimum atomic E-state index is -0.0917. The summed E-state index contributed by atoms with van der Waals surface area (Å²) in [5, 5.41) is 4.13. The minimum Gasteiger partial charge on any atom is -0.454 e. The van der Waals surface area contributed by atoms with Crippen LogP contribution >= 0.6 is 0 Å². The van der Waals surface area contributed by atoms with Crippen LogP contribution in [0, 0.1) is 0 Å². The molecule has 2 heterocycles. The van der Waals surface area contributed by atoms with Gasteiger partial charge in [-0.15, -0.1) is 0 Å². The first-order valence-electron chi connectivity index (χ1n) is 7.04. The molecule has 1 amide bonds. The highest BCUT2D eigenvalue weighted by Crippen LogP contribution is 2.33. The summed E-state index contributed by atoms with van der Waals surface area (Å²) in [6.45, 7) is 2.65. The van der Waals surface area contributed by atoms with Crippen LogP contribution in [0.2, 0.25) is 0 Å².